The molecule has 54 heavy (non-hydrogen) atoms. The molecule has 2 aliphatic heterocycles. The van der Waals surface area contributed by atoms with Crippen molar-refractivity contribution in [2.24, 2.45) is 0 Å². The van der Waals surface area contributed by atoms with Gasteiger partial charge in [-0.2, -0.15) is 0 Å². The van der Waals surface area contributed by atoms with Gasteiger partial charge in [0, 0.05) is 23.2 Å². The molecule has 0 aliphatic carbocycles. The van der Waals surface area contributed by atoms with E-state index in [0.29, 0.717) is 44.7 Å². The van der Waals surface area contributed by atoms with Gasteiger partial charge in [-0.15, -0.1) is 0 Å². The Morgan fingerprint density at radius 3 is 1.04 bits per heavy atom. The third kappa shape index (κ3) is 4.25. The van der Waals surface area contributed by atoms with Gasteiger partial charge in [-0.3, -0.25) is 19.8 Å². The summed E-state index contributed by atoms with van der Waals surface area (Å²) in [6.45, 7) is 17.9. The minimum absolute atomic E-state index is 0.207. The first-order chi connectivity index (χ1) is 26.0. The van der Waals surface area contributed by atoms with Crippen LogP contribution in [0.3, 0.4) is 0 Å². The zero-order valence-electron chi connectivity index (χ0n) is 31.8. The van der Waals surface area contributed by atoms with Crippen LogP contribution in [-0.4, -0.2) is 29.9 Å². The van der Waals surface area contributed by atoms with E-state index in [-0.39, 0.29) is 10.8 Å². The van der Waals surface area contributed by atoms with Gasteiger partial charge in [-0.05, 0) is 72.2 Å². The Hall–Kier alpha value is -6.28. The molecule has 2 aliphatic rings. The Morgan fingerprint density at radius 1 is 0.389 bits per heavy atom. The molecule has 8 nitrogen and oxygen atoms in total. The average Bonchev–Trinajstić information content (AvgIpc) is 3.16. The van der Waals surface area contributed by atoms with Gasteiger partial charge in [-0.25, -0.2) is 19.9 Å². The number of hydrogen-bond acceptors (Lipinski definition) is 8. The van der Waals surface area contributed by atoms with Crippen LogP contribution in [0.5, 0.6) is 0 Å². The second-order valence-electron chi connectivity index (χ2n) is 15.9. The maximum atomic E-state index is 5.45. The van der Waals surface area contributed by atoms with Crippen molar-refractivity contribution in [1.29, 1.82) is 0 Å². The van der Waals surface area contributed by atoms with Gasteiger partial charge in [0.15, 0.2) is 11.6 Å². The minimum Gasteiger partial charge on any atom is -0.293 e. The molecule has 10 rings (SSSR count). The van der Waals surface area contributed by atoms with E-state index in [1.54, 1.807) is 12.4 Å². The Bertz CT molecular complexity index is 2640. The summed E-state index contributed by atoms with van der Waals surface area (Å²) < 4.78 is 0. The molecule has 0 saturated heterocycles. The highest BCUT2D eigenvalue weighted by Gasteiger charge is 2.41. The highest BCUT2D eigenvalue weighted by molar-refractivity contribution is 6.18. The number of hydrogen-bond donors (Lipinski definition) is 0. The highest BCUT2D eigenvalue weighted by Crippen LogP contribution is 2.55. The normalized spacial score (nSPS) is 15.3. The van der Waals surface area contributed by atoms with Crippen LogP contribution in [0.15, 0.2) is 97.6 Å². The lowest BCUT2D eigenvalue weighted by Gasteiger charge is -2.43. The predicted octanol–water partition coefficient (Wildman–Crippen LogP) is 11.0. The van der Waals surface area contributed by atoms with Crippen molar-refractivity contribution in [3.05, 3.63) is 142 Å². The van der Waals surface area contributed by atoms with Crippen LogP contribution in [0.1, 0.15) is 72.2 Å². The number of nitrogens with zero attached hydrogens (tertiary/aromatic N) is 8. The molecule has 0 fully saturated rings. The average molecular weight is 705 g/mol. The Kier molecular flexibility index (Phi) is 6.67. The number of aromatic nitrogens is 6. The van der Waals surface area contributed by atoms with Crippen molar-refractivity contribution in [2.45, 2.75) is 66.2 Å². The van der Waals surface area contributed by atoms with E-state index in [2.05, 4.69) is 138 Å². The molecular formula is C46H40N8. The summed E-state index contributed by atoms with van der Waals surface area (Å²) in [7, 11) is 0. The summed E-state index contributed by atoms with van der Waals surface area (Å²) in [5.74, 6) is 1.43. The Balaban J connectivity index is 1.26. The fourth-order valence-corrected chi connectivity index (χ4v) is 9.15. The summed E-state index contributed by atoms with van der Waals surface area (Å²) >= 11 is 0. The van der Waals surface area contributed by atoms with Gasteiger partial charge >= 0.3 is 0 Å². The van der Waals surface area contributed by atoms with Gasteiger partial charge < -0.3 is 0 Å². The van der Waals surface area contributed by atoms with Crippen LogP contribution in [-0.2, 0) is 10.8 Å². The first-order valence-electron chi connectivity index (χ1n) is 18.6. The van der Waals surface area contributed by atoms with Crippen molar-refractivity contribution in [2.75, 3.05) is 9.80 Å². The van der Waals surface area contributed by atoms with E-state index >= 15 is 0 Å². The molecule has 8 heteroatoms. The maximum Gasteiger partial charge on any atom is 0.157 e. The summed E-state index contributed by atoms with van der Waals surface area (Å²) in [4.78, 5) is 35.5. The topological polar surface area (TPSA) is 83.8 Å². The first-order valence-corrected chi connectivity index (χ1v) is 18.6. The highest BCUT2D eigenvalue weighted by atomic mass is 15.2. The van der Waals surface area contributed by atoms with Crippen molar-refractivity contribution >= 4 is 67.5 Å². The largest absolute Gasteiger partial charge is 0.293 e. The Morgan fingerprint density at radius 2 is 0.685 bits per heavy atom. The number of benzene rings is 5. The van der Waals surface area contributed by atoms with E-state index in [4.69, 9.17) is 29.9 Å². The third-order valence-electron chi connectivity index (χ3n) is 11.9. The molecule has 0 N–H and O–H groups in total. The first kappa shape index (κ1) is 32.4. The third-order valence-corrected chi connectivity index (χ3v) is 11.9. The fraction of sp³-hybridized carbons (Fsp3) is 0.217. The number of anilines is 6. The quantitative estimate of drug-likeness (QED) is 0.164. The lowest BCUT2D eigenvalue weighted by atomic mass is 9.72. The summed E-state index contributed by atoms with van der Waals surface area (Å²) in [5, 5.41) is 0. The molecule has 0 saturated carbocycles. The zero-order chi connectivity index (χ0) is 37.3. The molecule has 0 radical (unpaired) electrons. The second-order valence-corrected chi connectivity index (χ2v) is 15.9. The molecule has 264 valence electrons. The van der Waals surface area contributed by atoms with E-state index in [0.717, 1.165) is 22.7 Å². The number of aryl methyl sites for hydroxylation is 4. The zero-order valence-corrected chi connectivity index (χ0v) is 31.8. The van der Waals surface area contributed by atoms with Gasteiger partial charge in [0.2, 0.25) is 0 Å². The maximum absolute atomic E-state index is 5.45. The van der Waals surface area contributed by atoms with Crippen molar-refractivity contribution in [3.8, 4) is 0 Å². The molecule has 5 aromatic carbocycles. The summed E-state index contributed by atoms with van der Waals surface area (Å²) in [6, 6.07) is 26.2. The van der Waals surface area contributed by atoms with Gasteiger partial charge in [0.1, 0.15) is 33.1 Å². The standard InChI is InChI=1S/C46H40N8/c1-25-13-9-17-29-41(25)53(42-26(2)14-10-18-30(42)45(29,5)6)33-23-49-37-35-36(48-22-21-47-35)39-38(40(37)52-33)50-24-34(51-39)54-43-27(3)15-11-19-31(43)46(7,8)32-20-12-16-28(4)44(32)54/h9-24H,1-8H3. The number of rotatable bonds is 2. The number of para-hydroxylation sites is 4. The number of fused-ring (bicyclic) bond motifs is 10. The predicted molar refractivity (Wildman–Crippen MR) is 218 cm³/mol. The lowest BCUT2D eigenvalue weighted by Crippen LogP contribution is -2.32. The van der Waals surface area contributed by atoms with Crippen LogP contribution in [0.25, 0.3) is 33.1 Å². The lowest BCUT2D eigenvalue weighted by molar-refractivity contribution is 0.629. The van der Waals surface area contributed by atoms with E-state index < -0.39 is 0 Å². The summed E-state index contributed by atoms with van der Waals surface area (Å²) in [6.07, 6.45) is 7.16. The molecule has 0 spiro atoms. The van der Waals surface area contributed by atoms with Gasteiger partial charge in [-0.1, -0.05) is 100 Å². The van der Waals surface area contributed by atoms with Crippen molar-refractivity contribution < 1.29 is 0 Å². The van der Waals surface area contributed by atoms with Crippen molar-refractivity contribution in [1.82, 2.24) is 29.9 Å². The molecule has 0 atom stereocenters. The van der Waals surface area contributed by atoms with E-state index in [9.17, 15) is 0 Å². The van der Waals surface area contributed by atoms with Crippen LogP contribution < -0.4 is 9.80 Å². The Labute approximate surface area is 314 Å². The van der Waals surface area contributed by atoms with Crippen LogP contribution in [0, 0.1) is 27.7 Å². The molecule has 0 amide bonds. The fourth-order valence-electron chi connectivity index (χ4n) is 9.15. The van der Waals surface area contributed by atoms with Crippen molar-refractivity contribution in [3.63, 3.8) is 0 Å². The van der Waals surface area contributed by atoms with E-state index in [1.807, 2.05) is 12.4 Å². The van der Waals surface area contributed by atoms with Gasteiger partial charge in [0.25, 0.3) is 0 Å². The molecule has 5 heterocycles. The SMILES string of the molecule is Cc1cccc2c1N(c1cnc3c4nccnc4c4nc(N5c6c(C)cccc6C(C)(C)c6cccc(C)c65)cnc4c3n1)c1c(C)cccc1C2(C)C. The monoisotopic (exact) mass is 704 g/mol. The molecular weight excluding hydrogens is 665 g/mol. The second kappa shape index (κ2) is 11.1. The minimum atomic E-state index is -0.207. The molecule has 8 aromatic rings. The van der Waals surface area contributed by atoms with Crippen LogP contribution in [0.4, 0.5) is 34.4 Å². The molecule has 0 bridgehead atoms. The molecule has 0 unspecified atom stereocenters. The van der Waals surface area contributed by atoms with Crippen LogP contribution >= 0.6 is 0 Å². The molecule has 3 aromatic heterocycles. The van der Waals surface area contributed by atoms with Crippen LogP contribution in [0.2, 0.25) is 0 Å². The summed E-state index contributed by atoms with van der Waals surface area (Å²) in [5.41, 5.74) is 17.6. The smallest absolute Gasteiger partial charge is 0.157 e. The van der Waals surface area contributed by atoms with E-state index in [1.165, 1.54) is 44.5 Å². The van der Waals surface area contributed by atoms with Gasteiger partial charge in [0.05, 0.1) is 35.1 Å².